The molecule has 23 heavy (non-hydrogen) atoms. The summed E-state index contributed by atoms with van der Waals surface area (Å²) in [6.45, 7) is 1.98. The molecule has 3 rings (SSSR count). The first-order valence-electron chi connectivity index (χ1n) is 7.19. The van der Waals surface area contributed by atoms with Crippen LogP contribution in [0.4, 0.5) is 5.69 Å². The summed E-state index contributed by atoms with van der Waals surface area (Å²) < 4.78 is 0. The lowest BCUT2D eigenvalue weighted by Crippen LogP contribution is -1.99. The Hall–Kier alpha value is -3.08. The molecule has 0 saturated carbocycles. The van der Waals surface area contributed by atoms with Gasteiger partial charge < -0.3 is 15.2 Å². The average molecular weight is 308 g/mol. The van der Waals surface area contributed by atoms with Crippen LogP contribution in [-0.4, -0.2) is 27.4 Å². The highest BCUT2D eigenvalue weighted by Gasteiger charge is 2.10. The van der Waals surface area contributed by atoms with Gasteiger partial charge >= 0.3 is 5.97 Å². The minimum atomic E-state index is -0.861. The molecule has 0 atom stereocenters. The predicted molar refractivity (Wildman–Crippen MR) is 89.7 cm³/mol. The average Bonchev–Trinajstić information content (AvgIpc) is 2.83. The van der Waals surface area contributed by atoms with Crippen LogP contribution in [0, 0.1) is 6.92 Å². The molecule has 0 aliphatic heterocycles. The maximum Gasteiger partial charge on any atom is 0.307 e. The zero-order chi connectivity index (χ0) is 16.4. The smallest absolute Gasteiger partial charge is 0.307 e. The molecule has 116 valence electrons. The largest absolute Gasteiger partial charge is 0.494 e. The van der Waals surface area contributed by atoms with Crippen molar-refractivity contribution in [2.24, 2.45) is 4.99 Å². The monoisotopic (exact) mass is 308 g/mol. The number of fused-ring (bicyclic) bond motifs is 1. The molecule has 1 heterocycles. The Morgan fingerprint density at radius 2 is 1.96 bits per heavy atom. The second-order valence-corrected chi connectivity index (χ2v) is 5.38. The third-order valence-corrected chi connectivity index (χ3v) is 3.68. The van der Waals surface area contributed by atoms with E-state index in [4.69, 9.17) is 5.11 Å². The summed E-state index contributed by atoms with van der Waals surface area (Å²) >= 11 is 0. The van der Waals surface area contributed by atoms with Crippen molar-refractivity contribution < 1.29 is 15.0 Å². The first-order chi connectivity index (χ1) is 11.0. The molecule has 0 saturated heterocycles. The predicted octanol–water partition coefficient (Wildman–Crippen LogP) is 3.56. The molecular weight excluding hydrogens is 292 g/mol. The number of aryl methyl sites for hydroxylation is 1. The molecule has 1 aromatic heterocycles. The van der Waals surface area contributed by atoms with Crippen molar-refractivity contribution in [2.75, 3.05) is 0 Å². The summed E-state index contributed by atoms with van der Waals surface area (Å²) in [6.07, 6.45) is 1.61. The highest BCUT2D eigenvalue weighted by Crippen LogP contribution is 2.28. The number of hydrogen-bond donors (Lipinski definition) is 3. The normalized spacial score (nSPS) is 11.3. The van der Waals surface area contributed by atoms with E-state index < -0.39 is 5.97 Å². The van der Waals surface area contributed by atoms with E-state index in [0.29, 0.717) is 11.3 Å². The Kier molecular flexibility index (Phi) is 3.85. The lowest BCUT2D eigenvalue weighted by molar-refractivity contribution is -0.136. The Balaban J connectivity index is 1.91. The SMILES string of the molecule is Cc1cccc2[nH]c(O)c(C=Nc3ccc(CC(=O)O)cc3)c12. The maximum atomic E-state index is 10.7. The molecule has 0 amide bonds. The number of aliphatic carboxylic acids is 1. The van der Waals surface area contributed by atoms with Crippen molar-refractivity contribution >= 4 is 28.8 Å². The van der Waals surface area contributed by atoms with Crippen molar-refractivity contribution in [3.8, 4) is 5.88 Å². The third-order valence-electron chi connectivity index (χ3n) is 3.68. The van der Waals surface area contributed by atoms with Gasteiger partial charge in [0.05, 0.1) is 17.7 Å². The lowest BCUT2D eigenvalue weighted by atomic mass is 10.1. The van der Waals surface area contributed by atoms with Gasteiger partial charge in [0.15, 0.2) is 5.88 Å². The van der Waals surface area contributed by atoms with Crippen LogP contribution < -0.4 is 0 Å². The zero-order valence-electron chi connectivity index (χ0n) is 12.6. The topological polar surface area (TPSA) is 85.7 Å². The number of carbonyl (C=O) groups is 1. The van der Waals surface area contributed by atoms with Crippen LogP contribution in [-0.2, 0) is 11.2 Å². The number of aliphatic imine (C=N–C) groups is 1. The molecule has 5 nitrogen and oxygen atoms in total. The van der Waals surface area contributed by atoms with Gasteiger partial charge in [-0.2, -0.15) is 0 Å². The van der Waals surface area contributed by atoms with Gasteiger partial charge in [-0.3, -0.25) is 9.79 Å². The van der Waals surface area contributed by atoms with Gasteiger partial charge in [0.25, 0.3) is 0 Å². The first-order valence-corrected chi connectivity index (χ1v) is 7.19. The van der Waals surface area contributed by atoms with E-state index in [1.807, 2.05) is 25.1 Å². The van der Waals surface area contributed by atoms with E-state index in [2.05, 4.69) is 9.98 Å². The van der Waals surface area contributed by atoms with Crippen molar-refractivity contribution in [1.82, 2.24) is 4.98 Å². The summed E-state index contributed by atoms with van der Waals surface area (Å²) in [6, 6.07) is 12.8. The molecule has 0 unspecified atom stereocenters. The summed E-state index contributed by atoms with van der Waals surface area (Å²) in [5.41, 5.74) is 3.98. The molecule has 3 aromatic rings. The van der Waals surface area contributed by atoms with Crippen LogP contribution in [0.15, 0.2) is 47.5 Å². The highest BCUT2D eigenvalue weighted by atomic mass is 16.4. The Morgan fingerprint density at radius 1 is 1.22 bits per heavy atom. The number of benzene rings is 2. The first kappa shape index (κ1) is 14.8. The second-order valence-electron chi connectivity index (χ2n) is 5.38. The standard InChI is InChI=1S/C18H16N2O3/c1-11-3-2-4-15-17(11)14(18(23)20-15)10-19-13-7-5-12(6-8-13)9-16(21)22/h2-8,10,20,23H,9H2,1H3,(H,21,22). The molecule has 0 aliphatic rings. The molecular formula is C18H16N2O3. The van der Waals surface area contributed by atoms with Crippen LogP contribution >= 0.6 is 0 Å². The van der Waals surface area contributed by atoms with E-state index in [9.17, 15) is 9.90 Å². The Labute approximate surface area is 132 Å². The minimum absolute atomic E-state index is 0.00751. The zero-order valence-corrected chi connectivity index (χ0v) is 12.6. The van der Waals surface area contributed by atoms with Gasteiger partial charge in [-0.05, 0) is 36.2 Å². The summed E-state index contributed by atoms with van der Waals surface area (Å²) in [4.78, 5) is 18.0. The summed E-state index contributed by atoms with van der Waals surface area (Å²) in [7, 11) is 0. The van der Waals surface area contributed by atoms with Crippen LogP contribution in [0.1, 0.15) is 16.7 Å². The fourth-order valence-corrected chi connectivity index (χ4v) is 2.58. The quantitative estimate of drug-likeness (QED) is 0.644. The number of rotatable bonds is 4. The molecule has 0 bridgehead atoms. The van der Waals surface area contributed by atoms with Crippen molar-refractivity contribution in [3.63, 3.8) is 0 Å². The van der Waals surface area contributed by atoms with Crippen LogP contribution in [0.25, 0.3) is 10.9 Å². The third kappa shape index (κ3) is 3.08. The van der Waals surface area contributed by atoms with Gasteiger partial charge in [-0.1, -0.05) is 24.3 Å². The number of aromatic hydroxyl groups is 1. The minimum Gasteiger partial charge on any atom is -0.494 e. The molecule has 0 aliphatic carbocycles. The van der Waals surface area contributed by atoms with Gasteiger partial charge in [-0.15, -0.1) is 0 Å². The molecule has 5 heteroatoms. The Bertz CT molecular complexity index is 893. The van der Waals surface area contributed by atoms with E-state index in [0.717, 1.165) is 22.0 Å². The van der Waals surface area contributed by atoms with Crippen molar-refractivity contribution in [1.29, 1.82) is 0 Å². The molecule has 0 fully saturated rings. The van der Waals surface area contributed by atoms with Gasteiger partial charge in [-0.25, -0.2) is 0 Å². The van der Waals surface area contributed by atoms with Gasteiger partial charge in [0, 0.05) is 17.1 Å². The maximum absolute atomic E-state index is 10.7. The number of hydrogen-bond acceptors (Lipinski definition) is 3. The highest BCUT2D eigenvalue weighted by molar-refractivity contribution is 6.04. The number of aromatic amines is 1. The summed E-state index contributed by atoms with van der Waals surface area (Å²) in [5.74, 6) is -0.777. The number of carboxylic acid groups (broad SMARTS) is 1. The number of H-pyrrole nitrogens is 1. The molecule has 0 spiro atoms. The fraction of sp³-hybridized carbons (Fsp3) is 0.111. The van der Waals surface area contributed by atoms with Crippen LogP contribution in [0.2, 0.25) is 0 Å². The molecule has 2 aromatic carbocycles. The van der Waals surface area contributed by atoms with E-state index in [1.54, 1.807) is 30.5 Å². The van der Waals surface area contributed by atoms with Crippen molar-refractivity contribution in [2.45, 2.75) is 13.3 Å². The molecule has 3 N–H and O–H groups in total. The number of aromatic nitrogens is 1. The molecule has 0 radical (unpaired) electrons. The Morgan fingerprint density at radius 3 is 2.65 bits per heavy atom. The van der Waals surface area contributed by atoms with Gasteiger partial charge in [0.2, 0.25) is 0 Å². The number of carboxylic acids is 1. The second kappa shape index (κ2) is 5.96. The number of nitrogens with one attached hydrogen (secondary N) is 1. The van der Waals surface area contributed by atoms with E-state index >= 15 is 0 Å². The number of nitrogens with zero attached hydrogens (tertiary/aromatic N) is 1. The lowest BCUT2D eigenvalue weighted by Gasteiger charge is -1.99. The van der Waals surface area contributed by atoms with E-state index in [-0.39, 0.29) is 12.3 Å². The van der Waals surface area contributed by atoms with Crippen LogP contribution in [0.5, 0.6) is 5.88 Å². The van der Waals surface area contributed by atoms with Crippen LogP contribution in [0.3, 0.4) is 0 Å². The van der Waals surface area contributed by atoms with Crippen molar-refractivity contribution in [3.05, 3.63) is 59.2 Å². The fourth-order valence-electron chi connectivity index (χ4n) is 2.58. The van der Waals surface area contributed by atoms with E-state index in [1.165, 1.54) is 0 Å². The summed E-state index contributed by atoms with van der Waals surface area (Å²) in [5, 5.41) is 19.8. The van der Waals surface area contributed by atoms with Gasteiger partial charge in [0.1, 0.15) is 0 Å².